The average molecular weight is 466 g/mol. The summed E-state index contributed by atoms with van der Waals surface area (Å²) in [6.07, 6.45) is 4.03. The molecule has 7 heteroatoms. The van der Waals surface area contributed by atoms with Crippen LogP contribution in [0.2, 0.25) is 0 Å². The standard InChI is InChI=1S/C27H35N3O4/c1-5-21-15-16-23(17-22(21)11-7-10-14-26(31)34-6-2)30(18-33-19-32-4)27-24-12-8-9-13-25(24)28-20(3)29-27/h8-9,12-13,15-17H,5-7,10-11,14,18-19H2,1-4H3. The summed E-state index contributed by atoms with van der Waals surface area (Å²) < 4.78 is 15.9. The van der Waals surface area contributed by atoms with Crippen LogP contribution in [0.15, 0.2) is 42.5 Å². The lowest BCUT2D eigenvalue weighted by Crippen LogP contribution is -2.23. The van der Waals surface area contributed by atoms with Gasteiger partial charge in [0.2, 0.25) is 0 Å². The highest BCUT2D eigenvalue weighted by Gasteiger charge is 2.17. The van der Waals surface area contributed by atoms with Crippen molar-refractivity contribution in [3.8, 4) is 0 Å². The van der Waals surface area contributed by atoms with Crippen LogP contribution >= 0.6 is 0 Å². The van der Waals surface area contributed by atoms with E-state index in [9.17, 15) is 4.79 Å². The van der Waals surface area contributed by atoms with Crippen molar-refractivity contribution in [1.82, 2.24) is 9.97 Å². The molecule has 7 nitrogen and oxygen atoms in total. The van der Waals surface area contributed by atoms with Crippen LogP contribution in [-0.4, -0.2) is 43.2 Å². The average Bonchev–Trinajstić information content (AvgIpc) is 2.84. The summed E-state index contributed by atoms with van der Waals surface area (Å²) in [6, 6.07) is 14.5. The normalized spacial score (nSPS) is 11.1. The molecule has 34 heavy (non-hydrogen) atoms. The highest BCUT2D eigenvalue weighted by Crippen LogP contribution is 2.32. The van der Waals surface area contributed by atoms with Gasteiger partial charge in [-0.1, -0.05) is 25.1 Å². The fourth-order valence-electron chi connectivity index (χ4n) is 4.02. The van der Waals surface area contributed by atoms with Crippen LogP contribution < -0.4 is 4.90 Å². The first kappa shape index (κ1) is 25.6. The Morgan fingerprint density at radius 3 is 2.62 bits per heavy atom. The number of aryl methyl sites for hydroxylation is 3. The lowest BCUT2D eigenvalue weighted by Gasteiger charge is -2.26. The van der Waals surface area contributed by atoms with Gasteiger partial charge in [-0.15, -0.1) is 0 Å². The maximum absolute atomic E-state index is 11.7. The third-order valence-corrected chi connectivity index (χ3v) is 5.64. The van der Waals surface area contributed by atoms with E-state index in [4.69, 9.17) is 19.2 Å². The van der Waals surface area contributed by atoms with Crippen molar-refractivity contribution in [3.05, 3.63) is 59.4 Å². The van der Waals surface area contributed by atoms with Crippen LogP contribution in [0.3, 0.4) is 0 Å². The molecular weight excluding hydrogens is 430 g/mol. The third-order valence-electron chi connectivity index (χ3n) is 5.64. The number of ether oxygens (including phenoxy) is 3. The molecule has 0 aliphatic heterocycles. The second-order valence-electron chi connectivity index (χ2n) is 8.10. The van der Waals surface area contributed by atoms with Gasteiger partial charge in [0.25, 0.3) is 0 Å². The van der Waals surface area contributed by atoms with E-state index >= 15 is 0 Å². The molecule has 0 aliphatic carbocycles. The van der Waals surface area contributed by atoms with Gasteiger partial charge in [-0.3, -0.25) is 4.79 Å². The molecule has 1 heterocycles. The molecule has 0 aliphatic rings. The van der Waals surface area contributed by atoms with Crippen LogP contribution in [0.25, 0.3) is 10.9 Å². The minimum absolute atomic E-state index is 0.126. The van der Waals surface area contributed by atoms with Crippen LogP contribution in [0, 0.1) is 6.92 Å². The molecule has 0 bridgehead atoms. The van der Waals surface area contributed by atoms with Gasteiger partial charge in [-0.2, -0.15) is 0 Å². The second kappa shape index (κ2) is 13.0. The van der Waals surface area contributed by atoms with Crippen molar-refractivity contribution in [3.63, 3.8) is 0 Å². The number of aromatic nitrogens is 2. The number of esters is 1. The molecule has 2 aromatic carbocycles. The van der Waals surface area contributed by atoms with Crippen molar-refractivity contribution in [2.45, 2.75) is 52.9 Å². The van der Waals surface area contributed by atoms with Gasteiger partial charge in [0.05, 0.1) is 12.1 Å². The summed E-state index contributed by atoms with van der Waals surface area (Å²) in [5.41, 5.74) is 4.47. The monoisotopic (exact) mass is 465 g/mol. The molecule has 3 rings (SSSR count). The summed E-state index contributed by atoms with van der Waals surface area (Å²) >= 11 is 0. The van der Waals surface area contributed by atoms with Gasteiger partial charge < -0.3 is 19.1 Å². The zero-order valence-corrected chi connectivity index (χ0v) is 20.7. The molecule has 0 amide bonds. The van der Waals surface area contributed by atoms with Gasteiger partial charge in [-0.25, -0.2) is 9.97 Å². The molecule has 0 spiro atoms. The van der Waals surface area contributed by atoms with E-state index in [1.54, 1.807) is 7.11 Å². The Bertz CT molecular complexity index is 1090. The number of methoxy groups -OCH3 is 1. The van der Waals surface area contributed by atoms with Crippen LogP contribution in [0.5, 0.6) is 0 Å². The minimum atomic E-state index is -0.126. The molecule has 0 saturated carbocycles. The molecule has 0 radical (unpaired) electrons. The number of para-hydroxylation sites is 1. The van der Waals surface area contributed by atoms with E-state index < -0.39 is 0 Å². The van der Waals surface area contributed by atoms with Gasteiger partial charge in [0.1, 0.15) is 25.2 Å². The van der Waals surface area contributed by atoms with E-state index in [1.165, 1.54) is 11.1 Å². The highest BCUT2D eigenvalue weighted by molar-refractivity contribution is 5.91. The first-order chi connectivity index (χ1) is 16.6. The SMILES string of the molecule is CCOC(=O)CCCCc1cc(N(COCOC)c2nc(C)nc3ccccc23)ccc1CC. The van der Waals surface area contributed by atoms with Crippen molar-refractivity contribution >= 4 is 28.4 Å². The predicted molar refractivity (Wildman–Crippen MR) is 134 cm³/mol. The fourth-order valence-corrected chi connectivity index (χ4v) is 4.02. The number of rotatable bonds is 13. The summed E-state index contributed by atoms with van der Waals surface area (Å²) in [5, 5.41) is 0.963. The maximum atomic E-state index is 11.7. The molecule has 0 atom stereocenters. The van der Waals surface area contributed by atoms with E-state index in [0.29, 0.717) is 25.6 Å². The highest BCUT2D eigenvalue weighted by atomic mass is 16.7. The van der Waals surface area contributed by atoms with Gasteiger partial charge in [-0.05, 0) is 74.9 Å². The quantitative estimate of drug-likeness (QED) is 0.188. The van der Waals surface area contributed by atoms with E-state index in [-0.39, 0.29) is 12.8 Å². The van der Waals surface area contributed by atoms with E-state index in [0.717, 1.165) is 48.1 Å². The Morgan fingerprint density at radius 2 is 1.85 bits per heavy atom. The largest absolute Gasteiger partial charge is 0.466 e. The number of carbonyl (C=O) groups is 1. The second-order valence-corrected chi connectivity index (χ2v) is 8.10. The molecule has 1 aromatic heterocycles. The lowest BCUT2D eigenvalue weighted by atomic mass is 9.98. The molecule has 0 unspecified atom stereocenters. The predicted octanol–water partition coefficient (Wildman–Crippen LogP) is 5.49. The number of anilines is 2. The Labute approximate surface area is 202 Å². The van der Waals surface area contributed by atoms with E-state index in [2.05, 4.69) is 35.0 Å². The number of unbranched alkanes of at least 4 members (excludes halogenated alkanes) is 1. The number of carbonyl (C=O) groups excluding carboxylic acids is 1. The molecule has 182 valence electrons. The van der Waals surface area contributed by atoms with E-state index in [1.807, 2.05) is 38.1 Å². The fraction of sp³-hybridized carbons (Fsp3) is 0.444. The van der Waals surface area contributed by atoms with Crippen LogP contribution in [0.1, 0.15) is 50.1 Å². The number of hydrogen-bond donors (Lipinski definition) is 0. The summed E-state index contributed by atoms with van der Waals surface area (Å²) in [7, 11) is 1.61. The summed E-state index contributed by atoms with van der Waals surface area (Å²) in [4.78, 5) is 23.1. The molecule has 3 aromatic rings. The van der Waals surface area contributed by atoms with Gasteiger partial charge in [0, 0.05) is 24.6 Å². The van der Waals surface area contributed by atoms with Crippen molar-refractivity contribution < 1.29 is 19.0 Å². The van der Waals surface area contributed by atoms with Crippen molar-refractivity contribution in [2.75, 3.05) is 32.1 Å². The number of nitrogens with zero attached hydrogens (tertiary/aromatic N) is 3. The Hall–Kier alpha value is -3.03. The number of fused-ring (bicyclic) bond motifs is 1. The molecule has 0 saturated heterocycles. The number of benzene rings is 2. The van der Waals surface area contributed by atoms with Crippen molar-refractivity contribution in [2.24, 2.45) is 0 Å². The molecule has 0 N–H and O–H groups in total. The smallest absolute Gasteiger partial charge is 0.305 e. The first-order valence-electron chi connectivity index (χ1n) is 11.9. The van der Waals surface area contributed by atoms with Gasteiger partial charge in [0.15, 0.2) is 0 Å². The maximum Gasteiger partial charge on any atom is 0.305 e. The topological polar surface area (TPSA) is 73.8 Å². The zero-order chi connectivity index (χ0) is 24.3. The van der Waals surface area contributed by atoms with Crippen LogP contribution in [0.4, 0.5) is 11.5 Å². The van der Waals surface area contributed by atoms with Gasteiger partial charge >= 0.3 is 5.97 Å². The third kappa shape index (κ3) is 6.74. The van der Waals surface area contributed by atoms with Crippen LogP contribution in [-0.2, 0) is 31.8 Å². The minimum Gasteiger partial charge on any atom is -0.466 e. The molecular formula is C27H35N3O4. The number of hydrogen-bond acceptors (Lipinski definition) is 7. The summed E-state index contributed by atoms with van der Waals surface area (Å²) in [6.45, 7) is 6.81. The Morgan fingerprint density at radius 1 is 1.03 bits per heavy atom. The molecule has 0 fully saturated rings. The van der Waals surface area contributed by atoms with Crippen molar-refractivity contribution in [1.29, 1.82) is 0 Å². The zero-order valence-electron chi connectivity index (χ0n) is 20.7. The Kier molecular flexibility index (Phi) is 9.79. The first-order valence-corrected chi connectivity index (χ1v) is 11.9. The lowest BCUT2D eigenvalue weighted by molar-refractivity contribution is -0.143. The summed E-state index contributed by atoms with van der Waals surface area (Å²) in [5.74, 6) is 1.38. The Balaban J connectivity index is 1.91.